The highest BCUT2D eigenvalue weighted by molar-refractivity contribution is 5.99. The summed E-state index contributed by atoms with van der Waals surface area (Å²) in [4.78, 5) is 30.8. The van der Waals surface area contributed by atoms with Gasteiger partial charge in [-0.15, -0.1) is 0 Å². The van der Waals surface area contributed by atoms with Crippen LogP contribution in [0.1, 0.15) is 32.7 Å². The van der Waals surface area contributed by atoms with Crippen LogP contribution in [0.15, 0.2) is 72.9 Å². The molecule has 1 amide bonds. The van der Waals surface area contributed by atoms with Gasteiger partial charge < -0.3 is 15.0 Å². The Morgan fingerprint density at radius 3 is 2.39 bits per heavy atom. The first-order valence-electron chi connectivity index (χ1n) is 10.2. The number of aldehydes is 1. The average molecular weight is 414 g/mol. The topological polar surface area (TPSA) is 62.3 Å². The average Bonchev–Trinajstić information content (AvgIpc) is 2.78. The number of carbonyl (C=O) groups is 2. The first-order valence-corrected chi connectivity index (χ1v) is 10.2. The third-order valence-electron chi connectivity index (χ3n) is 4.77. The summed E-state index contributed by atoms with van der Waals surface area (Å²) in [6.07, 6.45) is 6.62. The lowest BCUT2D eigenvalue weighted by molar-refractivity contribution is -0.109. The molecule has 5 nitrogen and oxygen atoms in total. The minimum Gasteiger partial charge on any atom is -0.342 e. The van der Waals surface area contributed by atoms with E-state index in [-0.39, 0.29) is 5.91 Å². The van der Waals surface area contributed by atoms with Gasteiger partial charge in [0, 0.05) is 12.7 Å². The summed E-state index contributed by atoms with van der Waals surface area (Å²) in [5.41, 5.74) is 4.24. The van der Waals surface area contributed by atoms with E-state index in [2.05, 4.69) is 27.3 Å². The molecule has 2 aromatic carbocycles. The second-order valence-electron chi connectivity index (χ2n) is 7.65. The van der Waals surface area contributed by atoms with E-state index >= 15 is 0 Å². The van der Waals surface area contributed by atoms with Crippen molar-refractivity contribution >= 4 is 24.3 Å². The maximum atomic E-state index is 12.8. The summed E-state index contributed by atoms with van der Waals surface area (Å²) in [6, 6.07) is 20.7. The summed E-state index contributed by atoms with van der Waals surface area (Å²) in [5, 5.41) is 2.81. The van der Waals surface area contributed by atoms with Gasteiger partial charge in [0.2, 0.25) is 0 Å². The molecule has 0 fully saturated rings. The van der Waals surface area contributed by atoms with Gasteiger partial charge in [-0.3, -0.25) is 9.78 Å². The zero-order valence-electron chi connectivity index (χ0n) is 17.9. The Morgan fingerprint density at radius 1 is 0.968 bits per heavy atom. The van der Waals surface area contributed by atoms with Crippen molar-refractivity contribution in [3.05, 3.63) is 101 Å². The Morgan fingerprint density at radius 2 is 1.71 bits per heavy atom. The van der Waals surface area contributed by atoms with E-state index in [0.29, 0.717) is 17.7 Å². The van der Waals surface area contributed by atoms with Crippen LogP contribution in [0.4, 0.5) is 0 Å². The summed E-state index contributed by atoms with van der Waals surface area (Å²) < 4.78 is 0. The standard InChI is InChI=1S/C26H27N3O2/c1-29(2)18-22-12-10-20(11-13-22)14-15-25-24(9-6-16-27-25)26(31)28-23(19-30)17-21-7-4-3-5-8-21/h3-16,19,23H,17-18H2,1-2H3,(H,28,31)/b15-14+/t23-/m0/s1. The molecular formula is C26H27N3O2. The first-order chi connectivity index (χ1) is 15.0. The molecule has 1 aromatic heterocycles. The Bertz CT molecular complexity index is 1030. The van der Waals surface area contributed by atoms with Gasteiger partial charge >= 0.3 is 0 Å². The molecule has 0 aliphatic carbocycles. The van der Waals surface area contributed by atoms with Crippen LogP contribution in [0.25, 0.3) is 12.2 Å². The molecule has 3 rings (SSSR count). The highest BCUT2D eigenvalue weighted by Gasteiger charge is 2.16. The van der Waals surface area contributed by atoms with E-state index in [4.69, 9.17) is 0 Å². The molecule has 0 spiro atoms. The van der Waals surface area contributed by atoms with Gasteiger partial charge in [-0.05, 0) is 55.4 Å². The predicted octanol–water partition coefficient (Wildman–Crippen LogP) is 3.85. The normalized spacial score (nSPS) is 12.1. The van der Waals surface area contributed by atoms with Gasteiger partial charge in [0.15, 0.2) is 0 Å². The lowest BCUT2D eigenvalue weighted by Crippen LogP contribution is -2.38. The first kappa shape index (κ1) is 22.1. The van der Waals surface area contributed by atoms with Gasteiger partial charge in [0.05, 0.1) is 17.3 Å². The summed E-state index contributed by atoms with van der Waals surface area (Å²) >= 11 is 0. The lowest BCUT2D eigenvalue weighted by atomic mass is 10.1. The Kier molecular flexibility index (Phi) is 7.85. The van der Waals surface area contributed by atoms with Crippen LogP contribution >= 0.6 is 0 Å². The van der Waals surface area contributed by atoms with Crippen molar-refractivity contribution in [2.45, 2.75) is 19.0 Å². The number of nitrogens with one attached hydrogen (secondary N) is 1. The van der Waals surface area contributed by atoms with E-state index in [1.54, 1.807) is 18.3 Å². The zero-order chi connectivity index (χ0) is 22.1. The molecule has 3 aromatic rings. The number of carbonyl (C=O) groups excluding carboxylic acids is 2. The summed E-state index contributed by atoms with van der Waals surface area (Å²) in [5.74, 6) is -0.317. The highest BCUT2D eigenvalue weighted by atomic mass is 16.2. The number of hydrogen-bond donors (Lipinski definition) is 1. The quantitative estimate of drug-likeness (QED) is 0.541. The molecule has 0 unspecified atom stereocenters. The number of rotatable bonds is 9. The summed E-state index contributed by atoms with van der Waals surface area (Å²) in [7, 11) is 4.08. The lowest BCUT2D eigenvalue weighted by Gasteiger charge is -2.14. The molecule has 0 radical (unpaired) electrons. The molecule has 0 saturated heterocycles. The van der Waals surface area contributed by atoms with Crippen LogP contribution in [-0.4, -0.2) is 42.2 Å². The molecule has 1 heterocycles. The van der Waals surface area contributed by atoms with Crippen LogP contribution in [0.3, 0.4) is 0 Å². The molecule has 0 saturated carbocycles. The molecule has 0 bridgehead atoms. The van der Waals surface area contributed by atoms with Crippen molar-refractivity contribution in [2.75, 3.05) is 14.1 Å². The predicted molar refractivity (Wildman–Crippen MR) is 124 cm³/mol. The fraction of sp³-hybridized carbons (Fsp3) is 0.192. The Labute approximate surface area is 183 Å². The Hall–Kier alpha value is -3.57. The van der Waals surface area contributed by atoms with E-state index in [1.807, 2.05) is 68.7 Å². The van der Waals surface area contributed by atoms with Crippen molar-refractivity contribution < 1.29 is 9.59 Å². The molecule has 1 atom stereocenters. The number of aromatic nitrogens is 1. The van der Waals surface area contributed by atoms with Crippen molar-refractivity contribution in [2.24, 2.45) is 0 Å². The van der Waals surface area contributed by atoms with Crippen LogP contribution in [0, 0.1) is 0 Å². The van der Waals surface area contributed by atoms with Gasteiger partial charge in [-0.25, -0.2) is 0 Å². The fourth-order valence-electron chi connectivity index (χ4n) is 3.26. The van der Waals surface area contributed by atoms with Gasteiger partial charge in [-0.1, -0.05) is 60.7 Å². The molecule has 5 heteroatoms. The second-order valence-corrected chi connectivity index (χ2v) is 7.65. The smallest absolute Gasteiger partial charge is 0.254 e. The molecule has 31 heavy (non-hydrogen) atoms. The van der Waals surface area contributed by atoms with Gasteiger partial charge in [0.25, 0.3) is 5.91 Å². The number of pyridine rings is 1. The maximum absolute atomic E-state index is 12.8. The van der Waals surface area contributed by atoms with Gasteiger partial charge in [0.1, 0.15) is 6.29 Å². The van der Waals surface area contributed by atoms with Crippen LogP contribution in [-0.2, 0) is 17.8 Å². The van der Waals surface area contributed by atoms with Gasteiger partial charge in [-0.2, -0.15) is 0 Å². The second kappa shape index (κ2) is 11.0. The van der Waals surface area contributed by atoms with Crippen molar-refractivity contribution in [3.63, 3.8) is 0 Å². The van der Waals surface area contributed by atoms with Crippen LogP contribution in [0.2, 0.25) is 0 Å². The van der Waals surface area contributed by atoms with E-state index in [9.17, 15) is 9.59 Å². The minimum atomic E-state index is -0.601. The van der Waals surface area contributed by atoms with E-state index in [0.717, 1.165) is 24.0 Å². The molecule has 158 valence electrons. The molecular weight excluding hydrogens is 386 g/mol. The number of amides is 1. The molecule has 0 aliphatic rings. The zero-order valence-corrected chi connectivity index (χ0v) is 17.9. The monoisotopic (exact) mass is 413 g/mol. The van der Waals surface area contributed by atoms with E-state index in [1.165, 1.54) is 5.56 Å². The SMILES string of the molecule is CN(C)Cc1ccc(/C=C/c2ncccc2C(=O)N[C@H](C=O)Cc2ccccc2)cc1. The van der Waals surface area contributed by atoms with Crippen molar-refractivity contribution in [3.8, 4) is 0 Å². The van der Waals surface area contributed by atoms with Crippen LogP contribution in [0.5, 0.6) is 0 Å². The highest BCUT2D eigenvalue weighted by Crippen LogP contribution is 2.13. The Balaban J connectivity index is 1.71. The van der Waals surface area contributed by atoms with Crippen molar-refractivity contribution in [1.29, 1.82) is 0 Å². The van der Waals surface area contributed by atoms with Crippen LogP contribution < -0.4 is 5.32 Å². The summed E-state index contributed by atoms with van der Waals surface area (Å²) in [6.45, 7) is 0.884. The van der Waals surface area contributed by atoms with Crippen molar-refractivity contribution in [1.82, 2.24) is 15.2 Å². The third-order valence-corrected chi connectivity index (χ3v) is 4.77. The molecule has 1 N–H and O–H groups in total. The largest absolute Gasteiger partial charge is 0.342 e. The number of benzene rings is 2. The number of nitrogens with zero attached hydrogens (tertiary/aromatic N) is 2. The minimum absolute atomic E-state index is 0.317. The third kappa shape index (κ3) is 6.73. The number of hydrogen-bond acceptors (Lipinski definition) is 4. The maximum Gasteiger partial charge on any atom is 0.254 e. The molecule has 0 aliphatic heterocycles. The fourth-order valence-corrected chi connectivity index (χ4v) is 3.26. The van der Waals surface area contributed by atoms with E-state index < -0.39 is 6.04 Å².